The van der Waals surface area contributed by atoms with E-state index in [1.807, 2.05) is 0 Å². The Morgan fingerprint density at radius 3 is 2.00 bits per heavy atom. The van der Waals surface area contributed by atoms with E-state index in [1.54, 1.807) is 0 Å². The molecule has 0 aliphatic heterocycles. The third kappa shape index (κ3) is 2.44. The van der Waals surface area contributed by atoms with Crippen molar-refractivity contribution < 1.29 is 0 Å². The van der Waals surface area contributed by atoms with Crippen molar-refractivity contribution in [2.75, 3.05) is 0 Å². The van der Waals surface area contributed by atoms with Gasteiger partial charge in [0, 0.05) is 5.41 Å². The summed E-state index contributed by atoms with van der Waals surface area (Å²) >= 11 is 0. The molecule has 0 nitrogen and oxygen atoms in total. The fourth-order valence-electron chi connectivity index (χ4n) is 4.86. The molecule has 4 aromatic carbocycles. The van der Waals surface area contributed by atoms with Gasteiger partial charge in [-0.15, -0.1) is 0 Å². The maximum atomic E-state index is 2.44. The zero-order valence-corrected chi connectivity index (χ0v) is 17.1. The van der Waals surface area contributed by atoms with Crippen LogP contribution in [0.15, 0.2) is 78.9 Å². The highest BCUT2D eigenvalue weighted by molar-refractivity contribution is 5.91. The Balaban J connectivity index is 1.75. The van der Waals surface area contributed by atoms with Gasteiger partial charge in [-0.1, -0.05) is 94.4 Å². The first-order valence-corrected chi connectivity index (χ1v) is 10.2. The number of rotatable bonds is 2. The number of hydrogen-bond acceptors (Lipinski definition) is 0. The Bertz CT molecular complexity index is 1210. The van der Waals surface area contributed by atoms with Crippen molar-refractivity contribution in [1.82, 2.24) is 0 Å². The maximum Gasteiger partial charge on any atom is 0.0159 e. The fourth-order valence-corrected chi connectivity index (χ4v) is 4.86. The molecule has 0 fully saturated rings. The van der Waals surface area contributed by atoms with Gasteiger partial charge in [-0.3, -0.25) is 0 Å². The van der Waals surface area contributed by atoms with E-state index in [2.05, 4.69) is 107 Å². The molecule has 0 saturated carbocycles. The van der Waals surface area contributed by atoms with Gasteiger partial charge < -0.3 is 0 Å². The Hall–Kier alpha value is -2.86. The number of benzene rings is 4. The molecule has 1 aliphatic rings. The Labute approximate surface area is 167 Å². The summed E-state index contributed by atoms with van der Waals surface area (Å²) in [6.07, 6.45) is 0. The van der Waals surface area contributed by atoms with E-state index < -0.39 is 0 Å². The summed E-state index contributed by atoms with van der Waals surface area (Å²) in [5.41, 5.74) is 9.80. The molecule has 1 aliphatic carbocycles. The second kappa shape index (κ2) is 6.07. The monoisotopic (exact) mass is 362 g/mol. The fraction of sp³-hybridized carbons (Fsp3) is 0.214. The van der Waals surface area contributed by atoms with E-state index in [-0.39, 0.29) is 5.41 Å². The number of fused-ring (bicyclic) bond motifs is 4. The van der Waals surface area contributed by atoms with Crippen molar-refractivity contribution in [3.05, 3.63) is 95.6 Å². The van der Waals surface area contributed by atoms with Crippen molar-refractivity contribution in [1.29, 1.82) is 0 Å². The highest BCUT2D eigenvalue weighted by atomic mass is 14.4. The third-order valence-corrected chi connectivity index (χ3v) is 6.43. The van der Waals surface area contributed by atoms with Gasteiger partial charge in [-0.2, -0.15) is 0 Å². The van der Waals surface area contributed by atoms with E-state index in [0.29, 0.717) is 5.92 Å². The first kappa shape index (κ1) is 17.3. The summed E-state index contributed by atoms with van der Waals surface area (Å²) in [4.78, 5) is 0. The predicted octanol–water partition coefficient (Wildman–Crippen LogP) is 7.94. The van der Waals surface area contributed by atoms with Gasteiger partial charge in [-0.05, 0) is 67.8 Å². The van der Waals surface area contributed by atoms with Crippen LogP contribution >= 0.6 is 0 Å². The second-order valence-electron chi connectivity index (χ2n) is 8.87. The minimum absolute atomic E-state index is 0.0385. The minimum atomic E-state index is 0.0385. The molecule has 0 N–H and O–H groups in total. The largest absolute Gasteiger partial charge is 0.0619 e. The van der Waals surface area contributed by atoms with Gasteiger partial charge in [0.2, 0.25) is 0 Å². The first-order valence-electron chi connectivity index (χ1n) is 10.2. The summed E-state index contributed by atoms with van der Waals surface area (Å²) in [6, 6.07) is 29.4. The molecule has 0 atom stereocenters. The lowest BCUT2D eigenvalue weighted by Crippen LogP contribution is -2.14. The van der Waals surface area contributed by atoms with Crippen molar-refractivity contribution in [2.45, 2.75) is 39.0 Å². The molecule has 28 heavy (non-hydrogen) atoms. The van der Waals surface area contributed by atoms with Crippen LogP contribution in [-0.4, -0.2) is 0 Å². The lowest BCUT2D eigenvalue weighted by atomic mass is 9.81. The maximum absolute atomic E-state index is 2.44. The van der Waals surface area contributed by atoms with Crippen LogP contribution in [0.2, 0.25) is 0 Å². The topological polar surface area (TPSA) is 0 Å². The van der Waals surface area contributed by atoms with E-state index in [0.717, 1.165) is 0 Å². The molecule has 0 amide bonds. The van der Waals surface area contributed by atoms with Crippen LogP contribution in [0.4, 0.5) is 0 Å². The average Bonchev–Trinajstić information content (AvgIpc) is 2.94. The van der Waals surface area contributed by atoms with Crippen LogP contribution < -0.4 is 0 Å². The molecule has 0 heteroatoms. The predicted molar refractivity (Wildman–Crippen MR) is 121 cm³/mol. The van der Waals surface area contributed by atoms with Crippen LogP contribution in [0.1, 0.15) is 50.3 Å². The molecule has 5 rings (SSSR count). The van der Waals surface area contributed by atoms with Crippen molar-refractivity contribution in [2.24, 2.45) is 0 Å². The summed E-state index contributed by atoms with van der Waals surface area (Å²) in [6.45, 7) is 9.29. The van der Waals surface area contributed by atoms with Crippen LogP contribution in [0.5, 0.6) is 0 Å². The molecule has 0 heterocycles. The standard InChI is InChI=1S/C28H26/c1-18(2)24-15-19-9-5-6-10-20(19)16-25(24)21-13-14-23-22-11-7-8-12-26(22)28(3,4)27(23)17-21/h5-18H,1-4H3. The summed E-state index contributed by atoms with van der Waals surface area (Å²) in [7, 11) is 0. The Morgan fingerprint density at radius 1 is 0.607 bits per heavy atom. The van der Waals surface area contributed by atoms with E-state index in [1.165, 1.54) is 49.7 Å². The van der Waals surface area contributed by atoms with Gasteiger partial charge in [0.25, 0.3) is 0 Å². The lowest BCUT2D eigenvalue weighted by Gasteiger charge is -2.22. The molecular weight excluding hydrogens is 336 g/mol. The Morgan fingerprint density at radius 2 is 1.25 bits per heavy atom. The van der Waals surface area contributed by atoms with E-state index in [9.17, 15) is 0 Å². The highest BCUT2D eigenvalue weighted by Crippen LogP contribution is 2.49. The average molecular weight is 363 g/mol. The highest BCUT2D eigenvalue weighted by Gasteiger charge is 2.35. The van der Waals surface area contributed by atoms with E-state index in [4.69, 9.17) is 0 Å². The molecular formula is C28H26. The molecule has 0 radical (unpaired) electrons. The second-order valence-corrected chi connectivity index (χ2v) is 8.87. The Kier molecular flexibility index (Phi) is 3.74. The van der Waals surface area contributed by atoms with Crippen molar-refractivity contribution >= 4 is 10.8 Å². The molecule has 0 unspecified atom stereocenters. The summed E-state index contributed by atoms with van der Waals surface area (Å²) in [5, 5.41) is 2.63. The lowest BCUT2D eigenvalue weighted by molar-refractivity contribution is 0.660. The SMILES string of the molecule is CC(C)c1cc2ccccc2cc1-c1ccc2c(c1)C(C)(C)c1ccccc1-2. The van der Waals surface area contributed by atoms with Crippen LogP contribution in [0.3, 0.4) is 0 Å². The van der Waals surface area contributed by atoms with Crippen molar-refractivity contribution in [3.63, 3.8) is 0 Å². The third-order valence-electron chi connectivity index (χ3n) is 6.43. The van der Waals surface area contributed by atoms with Crippen LogP contribution in [0.25, 0.3) is 33.0 Å². The van der Waals surface area contributed by atoms with Crippen LogP contribution in [-0.2, 0) is 5.41 Å². The molecule has 4 aromatic rings. The first-order chi connectivity index (χ1) is 13.5. The smallest absolute Gasteiger partial charge is 0.0159 e. The molecule has 0 saturated heterocycles. The number of hydrogen-bond donors (Lipinski definition) is 0. The van der Waals surface area contributed by atoms with Gasteiger partial charge in [0.05, 0.1) is 0 Å². The van der Waals surface area contributed by atoms with Crippen molar-refractivity contribution in [3.8, 4) is 22.3 Å². The van der Waals surface area contributed by atoms with Gasteiger partial charge in [-0.25, -0.2) is 0 Å². The zero-order valence-electron chi connectivity index (χ0n) is 17.1. The molecule has 0 spiro atoms. The van der Waals surface area contributed by atoms with Gasteiger partial charge >= 0.3 is 0 Å². The molecule has 138 valence electrons. The molecule has 0 bridgehead atoms. The van der Waals surface area contributed by atoms with Crippen LogP contribution in [0, 0.1) is 0 Å². The summed E-state index contributed by atoms with van der Waals surface area (Å²) < 4.78 is 0. The quantitative estimate of drug-likeness (QED) is 0.339. The normalized spacial score (nSPS) is 14.3. The van der Waals surface area contributed by atoms with Gasteiger partial charge in [0.15, 0.2) is 0 Å². The molecule has 0 aromatic heterocycles. The van der Waals surface area contributed by atoms with E-state index >= 15 is 0 Å². The summed E-state index contributed by atoms with van der Waals surface area (Å²) in [5.74, 6) is 0.484. The zero-order chi connectivity index (χ0) is 19.5. The minimum Gasteiger partial charge on any atom is -0.0619 e. The van der Waals surface area contributed by atoms with Gasteiger partial charge in [0.1, 0.15) is 0 Å².